The SMILES string of the molecule is COc1ccc(CNC(=O)CN2c3ccccc3CC[C@H]2C)cc1. The predicted octanol–water partition coefficient (Wildman–Crippen LogP) is 3.15. The van der Waals surface area contributed by atoms with Crippen molar-refractivity contribution < 1.29 is 9.53 Å². The number of anilines is 1. The Bertz CT molecular complexity index is 697. The van der Waals surface area contributed by atoms with E-state index >= 15 is 0 Å². The lowest BCUT2D eigenvalue weighted by molar-refractivity contribution is -0.120. The maximum Gasteiger partial charge on any atom is 0.239 e. The molecule has 0 fully saturated rings. The number of rotatable bonds is 5. The first-order chi connectivity index (χ1) is 11.7. The number of carbonyl (C=O) groups is 1. The Hall–Kier alpha value is -2.49. The normalized spacial score (nSPS) is 16.4. The molecule has 1 aliphatic rings. The third kappa shape index (κ3) is 3.70. The van der Waals surface area contributed by atoms with Crippen LogP contribution in [0.4, 0.5) is 5.69 Å². The number of fused-ring (bicyclic) bond motifs is 1. The maximum absolute atomic E-state index is 12.4. The summed E-state index contributed by atoms with van der Waals surface area (Å²) in [5, 5.41) is 3.01. The van der Waals surface area contributed by atoms with Crippen LogP contribution in [0.25, 0.3) is 0 Å². The molecule has 1 atom stereocenters. The van der Waals surface area contributed by atoms with Crippen molar-refractivity contribution in [1.82, 2.24) is 5.32 Å². The number of hydrogen-bond acceptors (Lipinski definition) is 3. The van der Waals surface area contributed by atoms with Crippen LogP contribution in [0.2, 0.25) is 0 Å². The smallest absolute Gasteiger partial charge is 0.239 e. The van der Waals surface area contributed by atoms with E-state index in [0.29, 0.717) is 19.1 Å². The van der Waals surface area contributed by atoms with E-state index < -0.39 is 0 Å². The fraction of sp³-hybridized carbons (Fsp3) is 0.350. The summed E-state index contributed by atoms with van der Waals surface area (Å²) in [6.07, 6.45) is 2.17. The van der Waals surface area contributed by atoms with Gasteiger partial charge in [-0.1, -0.05) is 30.3 Å². The van der Waals surface area contributed by atoms with Gasteiger partial charge in [0.2, 0.25) is 5.91 Å². The summed E-state index contributed by atoms with van der Waals surface area (Å²) < 4.78 is 5.15. The highest BCUT2D eigenvalue weighted by atomic mass is 16.5. The Morgan fingerprint density at radius 2 is 1.96 bits per heavy atom. The van der Waals surface area contributed by atoms with Gasteiger partial charge in [-0.25, -0.2) is 0 Å². The third-order valence-electron chi connectivity index (χ3n) is 4.63. The zero-order valence-electron chi connectivity index (χ0n) is 14.3. The molecule has 1 amide bonds. The van der Waals surface area contributed by atoms with Crippen molar-refractivity contribution in [2.75, 3.05) is 18.6 Å². The van der Waals surface area contributed by atoms with Crippen LogP contribution in [0.3, 0.4) is 0 Å². The van der Waals surface area contributed by atoms with Gasteiger partial charge in [-0.05, 0) is 49.1 Å². The number of methoxy groups -OCH3 is 1. The van der Waals surface area contributed by atoms with Gasteiger partial charge in [0.05, 0.1) is 13.7 Å². The molecule has 0 spiro atoms. The van der Waals surface area contributed by atoms with Crippen LogP contribution in [0.5, 0.6) is 5.75 Å². The lowest BCUT2D eigenvalue weighted by Crippen LogP contribution is -2.44. The van der Waals surface area contributed by atoms with E-state index in [1.807, 2.05) is 30.3 Å². The molecule has 0 aromatic heterocycles. The minimum Gasteiger partial charge on any atom is -0.497 e. The van der Waals surface area contributed by atoms with Crippen molar-refractivity contribution in [3.05, 3.63) is 59.7 Å². The van der Waals surface area contributed by atoms with Gasteiger partial charge in [0.25, 0.3) is 0 Å². The van der Waals surface area contributed by atoms with Gasteiger partial charge in [0.15, 0.2) is 0 Å². The second-order valence-electron chi connectivity index (χ2n) is 6.27. The summed E-state index contributed by atoms with van der Waals surface area (Å²) in [5.74, 6) is 0.873. The van der Waals surface area contributed by atoms with E-state index in [9.17, 15) is 4.79 Å². The molecule has 1 N–H and O–H groups in total. The van der Waals surface area contributed by atoms with Gasteiger partial charge in [0.1, 0.15) is 5.75 Å². The first-order valence-electron chi connectivity index (χ1n) is 8.41. The van der Waals surface area contributed by atoms with Crippen LogP contribution in [0, 0.1) is 0 Å². The van der Waals surface area contributed by atoms with Crippen molar-refractivity contribution >= 4 is 11.6 Å². The molecule has 1 heterocycles. The van der Waals surface area contributed by atoms with Crippen molar-refractivity contribution in [3.63, 3.8) is 0 Å². The molecule has 0 bridgehead atoms. The van der Waals surface area contributed by atoms with Crippen molar-refractivity contribution in [3.8, 4) is 5.75 Å². The topological polar surface area (TPSA) is 41.6 Å². The molecule has 0 unspecified atom stereocenters. The zero-order valence-corrected chi connectivity index (χ0v) is 14.3. The Morgan fingerprint density at radius 3 is 2.71 bits per heavy atom. The summed E-state index contributed by atoms with van der Waals surface area (Å²) in [4.78, 5) is 14.6. The molecule has 4 heteroatoms. The zero-order chi connectivity index (χ0) is 16.9. The molecule has 1 aliphatic heterocycles. The molecular formula is C20H24N2O2. The van der Waals surface area contributed by atoms with E-state index in [-0.39, 0.29) is 5.91 Å². The monoisotopic (exact) mass is 324 g/mol. The highest BCUT2D eigenvalue weighted by Crippen LogP contribution is 2.29. The van der Waals surface area contributed by atoms with Gasteiger partial charge in [-0.2, -0.15) is 0 Å². The lowest BCUT2D eigenvalue weighted by Gasteiger charge is -2.36. The van der Waals surface area contributed by atoms with Crippen LogP contribution in [0.15, 0.2) is 48.5 Å². The van der Waals surface area contributed by atoms with Crippen LogP contribution in [-0.2, 0) is 17.8 Å². The number of aryl methyl sites for hydroxylation is 1. The fourth-order valence-corrected chi connectivity index (χ4v) is 3.16. The van der Waals surface area contributed by atoms with Crippen LogP contribution >= 0.6 is 0 Å². The number of hydrogen-bond donors (Lipinski definition) is 1. The number of ether oxygens (including phenoxy) is 1. The number of nitrogens with one attached hydrogen (secondary N) is 1. The number of para-hydroxylation sites is 1. The third-order valence-corrected chi connectivity index (χ3v) is 4.63. The number of amides is 1. The summed E-state index contributed by atoms with van der Waals surface area (Å²) in [6.45, 7) is 3.12. The van der Waals surface area contributed by atoms with Crippen molar-refractivity contribution in [2.24, 2.45) is 0 Å². The standard InChI is InChI=1S/C20H24N2O2/c1-15-7-10-17-5-3-4-6-19(17)22(15)14-20(23)21-13-16-8-11-18(24-2)12-9-16/h3-6,8-9,11-12,15H,7,10,13-14H2,1-2H3,(H,21,23)/t15-/m1/s1. The predicted molar refractivity (Wildman–Crippen MR) is 96.4 cm³/mol. The summed E-state index contributed by atoms with van der Waals surface area (Å²) in [5.41, 5.74) is 3.59. The number of nitrogens with zero attached hydrogens (tertiary/aromatic N) is 1. The van der Waals surface area contributed by atoms with Gasteiger partial charge in [0, 0.05) is 18.3 Å². The molecular weight excluding hydrogens is 300 g/mol. The minimum absolute atomic E-state index is 0.0503. The van der Waals surface area contributed by atoms with Crippen LogP contribution in [-0.4, -0.2) is 25.6 Å². The average molecular weight is 324 g/mol. The molecule has 24 heavy (non-hydrogen) atoms. The van der Waals surface area contributed by atoms with Gasteiger partial charge < -0.3 is 15.0 Å². The maximum atomic E-state index is 12.4. The first-order valence-corrected chi connectivity index (χ1v) is 8.41. The van der Waals surface area contributed by atoms with E-state index in [1.165, 1.54) is 11.3 Å². The van der Waals surface area contributed by atoms with Gasteiger partial charge >= 0.3 is 0 Å². The molecule has 4 nitrogen and oxygen atoms in total. The largest absolute Gasteiger partial charge is 0.497 e. The molecule has 0 saturated carbocycles. The summed E-state index contributed by atoms with van der Waals surface area (Å²) in [7, 11) is 1.65. The summed E-state index contributed by atoms with van der Waals surface area (Å²) in [6, 6.07) is 16.5. The Morgan fingerprint density at radius 1 is 1.21 bits per heavy atom. The highest BCUT2D eigenvalue weighted by Gasteiger charge is 2.24. The molecule has 126 valence electrons. The second-order valence-corrected chi connectivity index (χ2v) is 6.27. The van der Waals surface area contributed by atoms with E-state index in [1.54, 1.807) is 7.11 Å². The summed E-state index contributed by atoms with van der Waals surface area (Å²) >= 11 is 0. The van der Waals surface area contributed by atoms with E-state index in [2.05, 4.69) is 35.3 Å². The van der Waals surface area contributed by atoms with E-state index in [4.69, 9.17) is 4.74 Å². The van der Waals surface area contributed by atoms with Gasteiger partial charge in [-0.3, -0.25) is 4.79 Å². The quantitative estimate of drug-likeness (QED) is 0.918. The number of carbonyl (C=O) groups excluding carboxylic acids is 1. The second kappa shape index (κ2) is 7.39. The molecule has 2 aromatic rings. The molecule has 2 aromatic carbocycles. The van der Waals surface area contributed by atoms with Crippen LogP contribution in [0.1, 0.15) is 24.5 Å². The first kappa shape index (κ1) is 16.4. The number of benzene rings is 2. The lowest BCUT2D eigenvalue weighted by atomic mass is 9.96. The highest BCUT2D eigenvalue weighted by molar-refractivity contribution is 5.82. The average Bonchev–Trinajstić information content (AvgIpc) is 2.63. The minimum atomic E-state index is 0.0503. The molecule has 3 rings (SSSR count). The molecule has 0 saturated heterocycles. The fourth-order valence-electron chi connectivity index (χ4n) is 3.16. The van der Waals surface area contributed by atoms with Crippen LogP contribution < -0.4 is 15.0 Å². The van der Waals surface area contributed by atoms with E-state index in [0.717, 1.165) is 24.2 Å². The van der Waals surface area contributed by atoms with Crippen molar-refractivity contribution in [2.45, 2.75) is 32.4 Å². The Kier molecular flexibility index (Phi) is 5.04. The Labute approximate surface area is 143 Å². The molecule has 0 radical (unpaired) electrons. The van der Waals surface area contributed by atoms with Crippen molar-refractivity contribution in [1.29, 1.82) is 0 Å². The Balaban J connectivity index is 1.60. The van der Waals surface area contributed by atoms with Gasteiger partial charge in [-0.15, -0.1) is 0 Å². The molecule has 0 aliphatic carbocycles.